The molecule has 1 unspecified atom stereocenters. The molecule has 1 saturated carbocycles. The molecule has 7 rings (SSSR count). The number of piperidine rings is 1. The lowest BCUT2D eigenvalue weighted by Crippen LogP contribution is -2.67. The molecular formula is C40H50F3N5O5S. The average molecular weight is 770 g/mol. The third-order valence-electron chi connectivity index (χ3n) is 12.5. The van der Waals surface area contributed by atoms with Gasteiger partial charge in [-0.05, 0) is 99.3 Å². The van der Waals surface area contributed by atoms with E-state index in [2.05, 4.69) is 33.9 Å². The summed E-state index contributed by atoms with van der Waals surface area (Å²) in [6.07, 6.45) is 3.72. The van der Waals surface area contributed by atoms with E-state index in [1.807, 2.05) is 6.07 Å². The number of anilines is 1. The van der Waals surface area contributed by atoms with Gasteiger partial charge in [-0.2, -0.15) is 0 Å². The number of carbonyl (C=O) groups excluding carboxylic acids is 2. The van der Waals surface area contributed by atoms with E-state index in [9.17, 15) is 18.0 Å². The molecule has 2 aromatic rings. The zero-order valence-corrected chi connectivity index (χ0v) is 32.0. The minimum absolute atomic E-state index is 0.00388. The predicted molar refractivity (Wildman–Crippen MR) is 198 cm³/mol. The second kappa shape index (κ2) is 15.0. The summed E-state index contributed by atoms with van der Waals surface area (Å²) >= 11 is 0. The largest absolute Gasteiger partial charge is 0.453 e. The van der Waals surface area contributed by atoms with Crippen molar-refractivity contribution in [3.05, 3.63) is 59.7 Å². The molecule has 4 heterocycles. The van der Waals surface area contributed by atoms with Gasteiger partial charge in [0.2, 0.25) is 0 Å². The monoisotopic (exact) mass is 769 g/mol. The van der Waals surface area contributed by atoms with Crippen LogP contribution in [0.3, 0.4) is 0 Å². The number of amides is 2. The highest BCUT2D eigenvalue weighted by Gasteiger charge is 2.57. The molecule has 0 bridgehead atoms. The van der Waals surface area contributed by atoms with Crippen molar-refractivity contribution in [1.29, 1.82) is 0 Å². The summed E-state index contributed by atoms with van der Waals surface area (Å²) < 4.78 is 77.8. The van der Waals surface area contributed by atoms with E-state index in [1.165, 1.54) is 37.1 Å². The first kappa shape index (κ1) is 38.5. The van der Waals surface area contributed by atoms with Crippen LogP contribution >= 0.6 is 0 Å². The molecule has 10 nitrogen and oxygen atoms in total. The first-order valence-electron chi connectivity index (χ1n) is 19.0. The van der Waals surface area contributed by atoms with E-state index in [-0.39, 0.29) is 67.0 Å². The third kappa shape index (κ3) is 7.07. The maximum atomic E-state index is 16.2. The Bertz CT molecular complexity index is 1910. The fraction of sp³-hybridized carbons (Fsp3) is 0.600. The number of nitrogens with one attached hydrogen (secondary N) is 1. The van der Waals surface area contributed by atoms with E-state index < -0.39 is 44.1 Å². The van der Waals surface area contributed by atoms with Crippen molar-refractivity contribution in [2.45, 2.75) is 73.3 Å². The molecule has 3 atom stereocenters. The smallest absolute Gasteiger partial charge is 0.407 e. The summed E-state index contributed by atoms with van der Waals surface area (Å²) in [5.41, 5.74) is -0.999. The van der Waals surface area contributed by atoms with Crippen molar-refractivity contribution in [1.82, 2.24) is 20.0 Å². The van der Waals surface area contributed by atoms with Gasteiger partial charge in [0.15, 0.2) is 15.5 Å². The first-order chi connectivity index (χ1) is 25.8. The van der Waals surface area contributed by atoms with Crippen LogP contribution in [0, 0.1) is 41.2 Å². The molecule has 5 aliphatic rings. The van der Waals surface area contributed by atoms with Crippen molar-refractivity contribution in [2.24, 2.45) is 17.8 Å². The average Bonchev–Trinajstić information content (AvgIpc) is 3.54. The maximum Gasteiger partial charge on any atom is 0.407 e. The first-order valence-corrected chi connectivity index (χ1v) is 20.6. The van der Waals surface area contributed by atoms with E-state index in [1.54, 1.807) is 17.0 Å². The van der Waals surface area contributed by atoms with Gasteiger partial charge in [0, 0.05) is 44.7 Å². The van der Waals surface area contributed by atoms with Gasteiger partial charge in [-0.3, -0.25) is 14.6 Å². The van der Waals surface area contributed by atoms with Crippen LogP contribution in [0.4, 0.5) is 23.7 Å². The van der Waals surface area contributed by atoms with Crippen LogP contribution in [-0.4, -0.2) is 118 Å². The summed E-state index contributed by atoms with van der Waals surface area (Å²) in [4.78, 5) is 31.8. The number of alkyl carbamates (subject to hydrolysis) is 1. The molecule has 14 heteroatoms. The summed E-state index contributed by atoms with van der Waals surface area (Å²) in [5.74, 6) is 4.11. The number of carbonyl (C=O) groups is 2. The van der Waals surface area contributed by atoms with Gasteiger partial charge in [0.05, 0.1) is 36.3 Å². The Morgan fingerprint density at radius 1 is 1.02 bits per heavy atom. The van der Waals surface area contributed by atoms with E-state index in [0.29, 0.717) is 19.0 Å². The Morgan fingerprint density at radius 2 is 1.74 bits per heavy atom. The molecule has 5 fully saturated rings. The minimum atomic E-state index is -3.86. The number of sulfone groups is 1. The molecule has 0 radical (unpaired) electrons. The van der Waals surface area contributed by atoms with Crippen molar-refractivity contribution < 1.29 is 35.9 Å². The number of methoxy groups -OCH3 is 1. The highest BCUT2D eigenvalue weighted by atomic mass is 32.2. The van der Waals surface area contributed by atoms with Gasteiger partial charge in [-0.15, -0.1) is 0 Å². The second-order valence-electron chi connectivity index (χ2n) is 16.0. The number of nitrogens with zero attached hydrogens (tertiary/aromatic N) is 4. The molecule has 4 saturated heterocycles. The molecule has 4 aliphatic heterocycles. The van der Waals surface area contributed by atoms with Gasteiger partial charge < -0.3 is 19.9 Å². The van der Waals surface area contributed by atoms with E-state index in [4.69, 9.17) is 4.74 Å². The zero-order chi connectivity index (χ0) is 38.4. The number of benzene rings is 2. The van der Waals surface area contributed by atoms with Crippen molar-refractivity contribution >= 4 is 27.5 Å². The quantitative estimate of drug-likeness (QED) is 0.351. The van der Waals surface area contributed by atoms with Crippen LogP contribution in [0.15, 0.2) is 47.4 Å². The van der Waals surface area contributed by atoms with Crippen LogP contribution < -0.4 is 10.2 Å². The molecular weight excluding hydrogens is 720 g/mol. The predicted octanol–water partition coefficient (Wildman–Crippen LogP) is 4.58. The van der Waals surface area contributed by atoms with Crippen molar-refractivity contribution in [2.75, 3.05) is 70.9 Å². The maximum absolute atomic E-state index is 16.2. The third-order valence-corrected chi connectivity index (χ3v) is 14.6. The van der Waals surface area contributed by atoms with Crippen molar-refractivity contribution in [3.8, 4) is 11.8 Å². The Balaban J connectivity index is 1.01. The van der Waals surface area contributed by atoms with Gasteiger partial charge in [-0.25, -0.2) is 26.4 Å². The highest BCUT2D eigenvalue weighted by molar-refractivity contribution is 7.92. The van der Waals surface area contributed by atoms with Crippen molar-refractivity contribution in [3.63, 3.8) is 0 Å². The minimum Gasteiger partial charge on any atom is -0.453 e. The molecule has 0 spiro atoms. The van der Waals surface area contributed by atoms with Crippen LogP contribution in [0.25, 0.3) is 0 Å². The molecule has 54 heavy (non-hydrogen) atoms. The lowest BCUT2D eigenvalue weighted by molar-refractivity contribution is -0.128. The molecule has 292 valence electrons. The summed E-state index contributed by atoms with van der Waals surface area (Å²) in [6, 6.07) is 10.5. The summed E-state index contributed by atoms with van der Waals surface area (Å²) in [6.45, 7) is 6.95. The number of hydrogen-bond donors (Lipinski definition) is 1. The fourth-order valence-corrected chi connectivity index (χ4v) is 11.6. The SMILES string of the molecule is CC#CC(=O)N1CC(S(=O)(=O)c2ccc(N3CC(F)(CN4CCC(C(c5cccc(F)c5)([C@H]5CCC[C@@H]5NC(=O)OC)N5CC(C)C5)CC4)C3)c(F)c2)C1. The van der Waals surface area contributed by atoms with Gasteiger partial charge in [-0.1, -0.05) is 31.4 Å². The highest BCUT2D eigenvalue weighted by Crippen LogP contribution is 2.54. The molecule has 2 aromatic carbocycles. The van der Waals surface area contributed by atoms with E-state index >= 15 is 13.2 Å². The number of halogens is 3. The Kier molecular flexibility index (Phi) is 10.7. The van der Waals surface area contributed by atoms with E-state index in [0.717, 1.165) is 56.8 Å². The number of likely N-dealkylation sites (tertiary alicyclic amines) is 3. The molecule has 1 aliphatic carbocycles. The summed E-state index contributed by atoms with van der Waals surface area (Å²) in [7, 11) is -2.50. The molecule has 1 N–H and O–H groups in total. The van der Waals surface area contributed by atoms with Crippen LogP contribution in [0.2, 0.25) is 0 Å². The van der Waals surface area contributed by atoms with Gasteiger partial charge in [0.25, 0.3) is 5.91 Å². The lowest BCUT2D eigenvalue weighted by Gasteiger charge is -2.60. The second-order valence-corrected chi connectivity index (χ2v) is 18.3. The Labute approximate surface area is 316 Å². The zero-order valence-electron chi connectivity index (χ0n) is 31.2. The van der Waals surface area contributed by atoms with Crippen LogP contribution in [-0.2, 0) is 24.9 Å². The number of alkyl halides is 1. The topological polar surface area (TPSA) is 102 Å². The molecule has 2 amide bonds. The number of hydrogen-bond acceptors (Lipinski definition) is 8. The molecule has 0 aromatic heterocycles. The summed E-state index contributed by atoms with van der Waals surface area (Å²) in [5, 5.41) is 2.28. The van der Waals surface area contributed by atoms with Crippen LogP contribution in [0.1, 0.15) is 51.5 Å². The Morgan fingerprint density at radius 3 is 2.37 bits per heavy atom. The van der Waals surface area contributed by atoms with Gasteiger partial charge >= 0.3 is 6.09 Å². The lowest BCUT2D eigenvalue weighted by atomic mass is 9.62. The van der Waals surface area contributed by atoms with Gasteiger partial charge in [0.1, 0.15) is 16.9 Å². The standard InChI is InChI=1S/C40H50F3N5O5S/c1-4-7-37(49)46-22-32(23-46)54(51,52)31-12-13-36(34(42)19-31)47-25-39(43,26-47)24-45-16-14-28(15-17-45)40(48-20-27(2)21-48,29-8-5-9-30(41)18-29)33-10-6-11-35(33)44-38(50)53-3/h5,8-9,12-13,18-19,27-28,32-33,35H,6,10-11,14-17,20-26H2,1-3H3,(H,44,50)/t33-,35-,40?/m0/s1. The number of ether oxygens (including phenoxy) is 1. The Hall–Kier alpha value is -3.80. The normalized spacial score (nSPS) is 25.1. The fourth-order valence-electron chi connectivity index (χ4n) is 9.98. The number of rotatable bonds is 10. The van der Waals surface area contributed by atoms with Crippen LogP contribution in [0.5, 0.6) is 0 Å².